The number of ether oxygens (including phenoxy) is 2. The molecule has 0 aromatic carbocycles. The summed E-state index contributed by atoms with van der Waals surface area (Å²) in [5.41, 5.74) is 0. The first-order valence-corrected chi connectivity index (χ1v) is 10.6. The molecule has 0 saturated carbocycles. The van der Waals surface area contributed by atoms with Crippen LogP contribution >= 0.6 is 0 Å². The molecule has 0 heterocycles. The zero-order valence-electron chi connectivity index (χ0n) is 17.1. The highest BCUT2D eigenvalue weighted by Gasteiger charge is 2.04. The molecule has 0 aliphatic heterocycles. The number of hydrogen-bond donors (Lipinski definition) is 0. The number of methoxy groups -OCH3 is 1. The summed E-state index contributed by atoms with van der Waals surface area (Å²) in [6.07, 6.45) is 21.5. The van der Waals surface area contributed by atoms with Crippen molar-refractivity contribution in [2.75, 3.05) is 13.7 Å². The van der Waals surface area contributed by atoms with Crippen LogP contribution in [-0.4, -0.2) is 25.8 Å². The predicted molar refractivity (Wildman–Crippen MR) is 107 cm³/mol. The molecular formula is C22H42O3. The summed E-state index contributed by atoms with van der Waals surface area (Å²) in [4.78, 5) is 11.0. The van der Waals surface area contributed by atoms with Crippen LogP contribution in [0.4, 0.5) is 0 Å². The van der Waals surface area contributed by atoms with Crippen LogP contribution in [0.2, 0.25) is 0 Å². The molecule has 0 N–H and O–H groups in total. The first-order valence-electron chi connectivity index (χ1n) is 10.6. The van der Waals surface area contributed by atoms with Gasteiger partial charge in [0.05, 0.1) is 12.7 Å². The van der Waals surface area contributed by atoms with Crippen molar-refractivity contribution in [3.05, 3.63) is 12.2 Å². The van der Waals surface area contributed by atoms with Crippen LogP contribution in [0.15, 0.2) is 12.2 Å². The van der Waals surface area contributed by atoms with E-state index in [2.05, 4.69) is 19.1 Å². The van der Waals surface area contributed by atoms with Crippen LogP contribution in [0.25, 0.3) is 0 Å². The van der Waals surface area contributed by atoms with Gasteiger partial charge in [-0.15, -0.1) is 0 Å². The third kappa shape index (κ3) is 17.8. The van der Waals surface area contributed by atoms with Gasteiger partial charge in [-0.1, -0.05) is 77.4 Å². The maximum atomic E-state index is 11.0. The van der Waals surface area contributed by atoms with Crippen molar-refractivity contribution in [1.82, 2.24) is 0 Å². The fourth-order valence-electron chi connectivity index (χ4n) is 2.86. The van der Waals surface area contributed by atoms with Gasteiger partial charge < -0.3 is 9.47 Å². The van der Waals surface area contributed by atoms with Crippen molar-refractivity contribution < 1.29 is 14.3 Å². The van der Waals surface area contributed by atoms with Gasteiger partial charge in [-0.05, 0) is 32.1 Å². The topological polar surface area (TPSA) is 35.5 Å². The minimum Gasteiger partial charge on any atom is -0.466 e. The Morgan fingerprint density at radius 3 is 2.24 bits per heavy atom. The van der Waals surface area contributed by atoms with Gasteiger partial charge >= 0.3 is 5.97 Å². The van der Waals surface area contributed by atoms with Gasteiger partial charge in [-0.2, -0.15) is 0 Å². The SMILES string of the molecule is CCCCCCC(C/C=C\CCCCCCCCOC(=O)CC)OC. The lowest BCUT2D eigenvalue weighted by Gasteiger charge is -2.12. The van der Waals surface area contributed by atoms with Gasteiger partial charge in [0.1, 0.15) is 0 Å². The fraction of sp³-hybridized carbons (Fsp3) is 0.864. The fourth-order valence-corrected chi connectivity index (χ4v) is 2.86. The lowest BCUT2D eigenvalue weighted by Crippen LogP contribution is -2.08. The summed E-state index contributed by atoms with van der Waals surface area (Å²) in [5, 5.41) is 0. The average molecular weight is 355 g/mol. The summed E-state index contributed by atoms with van der Waals surface area (Å²) in [5.74, 6) is -0.0801. The normalized spacial score (nSPS) is 12.6. The molecule has 3 nitrogen and oxygen atoms in total. The third-order valence-corrected chi connectivity index (χ3v) is 4.60. The molecule has 0 bridgehead atoms. The predicted octanol–water partition coefficient (Wildman–Crippen LogP) is 6.60. The zero-order valence-corrected chi connectivity index (χ0v) is 17.1. The highest BCUT2D eigenvalue weighted by Crippen LogP contribution is 2.12. The Labute approximate surface area is 156 Å². The highest BCUT2D eigenvalue weighted by molar-refractivity contribution is 5.68. The van der Waals surface area contributed by atoms with Crippen LogP contribution in [0.5, 0.6) is 0 Å². The molecule has 0 aliphatic rings. The maximum absolute atomic E-state index is 11.0. The summed E-state index contributed by atoms with van der Waals surface area (Å²) in [7, 11) is 1.83. The molecule has 0 radical (unpaired) electrons. The average Bonchev–Trinajstić information content (AvgIpc) is 2.63. The second-order valence-electron chi connectivity index (χ2n) is 6.90. The van der Waals surface area contributed by atoms with Crippen molar-refractivity contribution in [1.29, 1.82) is 0 Å². The number of unbranched alkanes of at least 4 members (excludes halogenated alkanes) is 9. The van der Waals surface area contributed by atoms with Crippen LogP contribution in [0.1, 0.15) is 104 Å². The monoisotopic (exact) mass is 354 g/mol. The van der Waals surface area contributed by atoms with Crippen LogP contribution in [-0.2, 0) is 14.3 Å². The van der Waals surface area contributed by atoms with E-state index in [-0.39, 0.29) is 5.97 Å². The van der Waals surface area contributed by atoms with E-state index in [4.69, 9.17) is 9.47 Å². The molecule has 1 unspecified atom stereocenters. The lowest BCUT2D eigenvalue weighted by atomic mass is 10.1. The summed E-state index contributed by atoms with van der Waals surface area (Å²) in [6, 6.07) is 0. The van der Waals surface area contributed by atoms with Crippen molar-refractivity contribution >= 4 is 5.97 Å². The largest absolute Gasteiger partial charge is 0.466 e. The van der Waals surface area contributed by atoms with Crippen LogP contribution in [0.3, 0.4) is 0 Å². The Morgan fingerprint density at radius 2 is 1.56 bits per heavy atom. The van der Waals surface area contributed by atoms with Crippen LogP contribution < -0.4 is 0 Å². The van der Waals surface area contributed by atoms with Crippen molar-refractivity contribution in [3.63, 3.8) is 0 Å². The number of allylic oxidation sites excluding steroid dienone is 1. The van der Waals surface area contributed by atoms with E-state index in [1.165, 1.54) is 70.6 Å². The first-order chi connectivity index (χ1) is 12.2. The van der Waals surface area contributed by atoms with Crippen molar-refractivity contribution in [3.8, 4) is 0 Å². The third-order valence-electron chi connectivity index (χ3n) is 4.60. The second-order valence-corrected chi connectivity index (χ2v) is 6.90. The molecule has 148 valence electrons. The van der Waals surface area contributed by atoms with E-state index in [1.54, 1.807) is 0 Å². The van der Waals surface area contributed by atoms with E-state index in [1.807, 2.05) is 14.0 Å². The first kappa shape index (κ1) is 24.2. The number of hydrogen-bond acceptors (Lipinski definition) is 3. The van der Waals surface area contributed by atoms with Gasteiger partial charge in [-0.3, -0.25) is 4.79 Å². The second kappa shape index (κ2) is 19.5. The minimum absolute atomic E-state index is 0.0801. The van der Waals surface area contributed by atoms with E-state index in [9.17, 15) is 4.79 Å². The molecule has 1 atom stereocenters. The summed E-state index contributed by atoms with van der Waals surface area (Å²) < 4.78 is 10.6. The molecular weight excluding hydrogens is 312 g/mol. The molecule has 25 heavy (non-hydrogen) atoms. The lowest BCUT2D eigenvalue weighted by molar-refractivity contribution is -0.143. The maximum Gasteiger partial charge on any atom is 0.305 e. The Bertz CT molecular complexity index is 312. The Hall–Kier alpha value is -0.830. The van der Waals surface area contributed by atoms with Gasteiger partial charge in [0.15, 0.2) is 0 Å². The van der Waals surface area contributed by atoms with Gasteiger partial charge in [0.25, 0.3) is 0 Å². The molecule has 0 fully saturated rings. The molecule has 0 aliphatic carbocycles. The molecule has 3 heteroatoms. The number of esters is 1. The van der Waals surface area contributed by atoms with Gasteiger partial charge in [0.2, 0.25) is 0 Å². The van der Waals surface area contributed by atoms with Gasteiger partial charge in [0, 0.05) is 13.5 Å². The van der Waals surface area contributed by atoms with E-state index >= 15 is 0 Å². The van der Waals surface area contributed by atoms with Crippen molar-refractivity contribution in [2.24, 2.45) is 0 Å². The number of rotatable bonds is 18. The molecule has 0 aromatic heterocycles. The Balaban J connectivity index is 3.37. The van der Waals surface area contributed by atoms with E-state index in [0.717, 1.165) is 12.8 Å². The highest BCUT2D eigenvalue weighted by atomic mass is 16.5. The molecule has 0 rings (SSSR count). The molecule has 0 amide bonds. The van der Waals surface area contributed by atoms with E-state index in [0.29, 0.717) is 19.1 Å². The quantitative estimate of drug-likeness (QED) is 0.158. The Kier molecular flexibility index (Phi) is 18.8. The molecule has 0 saturated heterocycles. The van der Waals surface area contributed by atoms with E-state index < -0.39 is 0 Å². The Morgan fingerprint density at radius 1 is 0.880 bits per heavy atom. The number of carbonyl (C=O) groups is 1. The molecule has 0 spiro atoms. The standard InChI is InChI=1S/C22H42O3/c1-4-6-7-15-18-21(24-3)19-16-13-11-9-8-10-12-14-17-20-25-22(23)5-2/h13,16,21H,4-12,14-15,17-20H2,1-3H3/b16-13-. The minimum atomic E-state index is -0.0801. The van der Waals surface area contributed by atoms with Crippen LogP contribution in [0, 0.1) is 0 Å². The molecule has 0 aromatic rings. The zero-order chi connectivity index (χ0) is 18.6. The number of carbonyl (C=O) groups excluding carboxylic acids is 1. The van der Waals surface area contributed by atoms with Gasteiger partial charge in [-0.25, -0.2) is 0 Å². The summed E-state index contributed by atoms with van der Waals surface area (Å²) in [6.45, 7) is 4.68. The smallest absolute Gasteiger partial charge is 0.305 e. The summed E-state index contributed by atoms with van der Waals surface area (Å²) >= 11 is 0. The van der Waals surface area contributed by atoms with Crippen molar-refractivity contribution in [2.45, 2.75) is 110 Å².